The number of hydrogen-bond donors (Lipinski definition) is 1. The lowest BCUT2D eigenvalue weighted by atomic mass is 9.94. The van der Waals surface area contributed by atoms with Crippen LogP contribution in [0.3, 0.4) is 0 Å². The highest BCUT2D eigenvalue weighted by molar-refractivity contribution is 6.31. The number of benzene rings is 2. The number of methoxy groups -OCH3 is 1. The molecule has 1 N–H and O–H groups in total. The first-order valence-electron chi connectivity index (χ1n) is 10.4. The van der Waals surface area contributed by atoms with Gasteiger partial charge >= 0.3 is 0 Å². The number of rotatable bonds is 7. The van der Waals surface area contributed by atoms with Crippen molar-refractivity contribution in [3.8, 4) is 11.5 Å². The summed E-state index contributed by atoms with van der Waals surface area (Å²) in [5.74, 6) is 1.84. The second-order valence-corrected chi connectivity index (χ2v) is 8.26. The van der Waals surface area contributed by atoms with Gasteiger partial charge in [-0.2, -0.15) is 0 Å². The van der Waals surface area contributed by atoms with E-state index in [1.54, 1.807) is 25.3 Å². The molecule has 164 valence electrons. The minimum atomic E-state index is -0.529. The summed E-state index contributed by atoms with van der Waals surface area (Å²) >= 11 is 5.91. The van der Waals surface area contributed by atoms with E-state index in [2.05, 4.69) is 27.2 Å². The van der Waals surface area contributed by atoms with Crippen LogP contribution in [0.15, 0.2) is 36.7 Å². The zero-order valence-corrected chi connectivity index (χ0v) is 18.5. The van der Waals surface area contributed by atoms with Crippen molar-refractivity contribution in [2.75, 3.05) is 39.2 Å². The molecule has 1 aliphatic rings. The molecule has 0 amide bonds. The van der Waals surface area contributed by atoms with Crippen molar-refractivity contribution in [1.82, 2.24) is 14.9 Å². The van der Waals surface area contributed by atoms with Crippen LogP contribution in [0.4, 0.5) is 15.9 Å². The van der Waals surface area contributed by atoms with E-state index >= 15 is 0 Å². The molecular formula is C23H26ClFN4O2. The molecule has 2 heterocycles. The van der Waals surface area contributed by atoms with Crippen LogP contribution >= 0.6 is 11.6 Å². The quantitative estimate of drug-likeness (QED) is 0.534. The van der Waals surface area contributed by atoms with Crippen LogP contribution in [0.25, 0.3) is 10.9 Å². The van der Waals surface area contributed by atoms with E-state index in [9.17, 15) is 4.39 Å². The largest absolute Gasteiger partial charge is 0.493 e. The van der Waals surface area contributed by atoms with E-state index in [1.807, 2.05) is 6.07 Å². The Morgan fingerprint density at radius 2 is 2.00 bits per heavy atom. The van der Waals surface area contributed by atoms with Gasteiger partial charge in [0.1, 0.15) is 12.1 Å². The summed E-state index contributed by atoms with van der Waals surface area (Å²) in [5, 5.41) is 3.77. The van der Waals surface area contributed by atoms with Crippen LogP contribution in [0.1, 0.15) is 19.3 Å². The van der Waals surface area contributed by atoms with Crippen LogP contribution in [0.5, 0.6) is 11.5 Å². The summed E-state index contributed by atoms with van der Waals surface area (Å²) in [6, 6.07) is 8.44. The number of halogens is 2. The molecule has 1 fully saturated rings. The van der Waals surface area contributed by atoms with E-state index in [0.717, 1.165) is 19.5 Å². The highest BCUT2D eigenvalue weighted by atomic mass is 35.5. The number of hydrogen-bond acceptors (Lipinski definition) is 6. The van der Waals surface area contributed by atoms with Gasteiger partial charge in [0.25, 0.3) is 0 Å². The van der Waals surface area contributed by atoms with E-state index < -0.39 is 5.82 Å². The normalized spacial score (nSPS) is 15.2. The lowest BCUT2D eigenvalue weighted by Crippen LogP contribution is -2.30. The Balaban J connectivity index is 1.56. The molecule has 0 unspecified atom stereocenters. The van der Waals surface area contributed by atoms with Crippen molar-refractivity contribution in [1.29, 1.82) is 0 Å². The molecule has 0 bridgehead atoms. The maximum absolute atomic E-state index is 14.4. The van der Waals surface area contributed by atoms with E-state index in [1.165, 1.54) is 25.2 Å². The Hall–Kier alpha value is -2.64. The highest BCUT2D eigenvalue weighted by Gasteiger charge is 2.18. The molecule has 4 rings (SSSR count). The van der Waals surface area contributed by atoms with E-state index in [0.29, 0.717) is 40.7 Å². The van der Waals surface area contributed by atoms with Crippen LogP contribution in [0, 0.1) is 11.7 Å². The molecule has 2 aromatic carbocycles. The average Bonchev–Trinajstić information content (AvgIpc) is 2.78. The van der Waals surface area contributed by atoms with Crippen LogP contribution in [-0.4, -0.2) is 48.7 Å². The Labute approximate surface area is 186 Å². The predicted octanol–water partition coefficient (Wildman–Crippen LogP) is 5.29. The fraction of sp³-hybridized carbons (Fsp3) is 0.391. The first-order chi connectivity index (χ1) is 15.0. The number of nitrogens with one attached hydrogen (secondary N) is 1. The minimum Gasteiger partial charge on any atom is -0.493 e. The maximum Gasteiger partial charge on any atom is 0.165 e. The van der Waals surface area contributed by atoms with Crippen molar-refractivity contribution in [3.63, 3.8) is 0 Å². The number of anilines is 2. The van der Waals surface area contributed by atoms with Crippen molar-refractivity contribution >= 4 is 34.0 Å². The van der Waals surface area contributed by atoms with Crippen molar-refractivity contribution in [3.05, 3.63) is 47.5 Å². The minimum absolute atomic E-state index is 0.0444. The second kappa shape index (κ2) is 9.66. The Bertz CT molecular complexity index is 1060. The molecule has 0 atom stereocenters. The Morgan fingerprint density at radius 1 is 1.19 bits per heavy atom. The number of likely N-dealkylation sites (tertiary alicyclic amines) is 1. The maximum atomic E-state index is 14.4. The van der Waals surface area contributed by atoms with E-state index in [4.69, 9.17) is 21.1 Å². The van der Waals surface area contributed by atoms with Gasteiger partial charge in [0.05, 0.1) is 29.9 Å². The summed E-state index contributed by atoms with van der Waals surface area (Å²) in [5.41, 5.74) is 0.910. The van der Waals surface area contributed by atoms with Crippen LogP contribution in [0.2, 0.25) is 5.02 Å². The molecule has 0 aliphatic carbocycles. The van der Waals surface area contributed by atoms with Crippen molar-refractivity contribution in [2.45, 2.75) is 19.3 Å². The zero-order valence-electron chi connectivity index (χ0n) is 17.7. The van der Waals surface area contributed by atoms with Crippen LogP contribution < -0.4 is 14.8 Å². The van der Waals surface area contributed by atoms with Gasteiger partial charge in [-0.1, -0.05) is 17.7 Å². The molecule has 31 heavy (non-hydrogen) atoms. The van der Waals surface area contributed by atoms with Gasteiger partial charge in [0, 0.05) is 11.5 Å². The van der Waals surface area contributed by atoms with Crippen molar-refractivity contribution in [2.24, 2.45) is 5.92 Å². The molecule has 1 aliphatic heterocycles. The molecule has 8 heteroatoms. The molecule has 0 spiro atoms. The fourth-order valence-corrected chi connectivity index (χ4v) is 4.02. The van der Waals surface area contributed by atoms with E-state index in [-0.39, 0.29) is 10.7 Å². The zero-order chi connectivity index (χ0) is 21.8. The number of nitrogens with zero attached hydrogens (tertiary/aromatic N) is 3. The molecule has 1 saturated heterocycles. The Kier molecular flexibility index (Phi) is 6.73. The smallest absolute Gasteiger partial charge is 0.165 e. The van der Waals surface area contributed by atoms with Gasteiger partial charge < -0.3 is 19.7 Å². The second-order valence-electron chi connectivity index (χ2n) is 7.85. The SMILES string of the molecule is COc1cc2ncnc(Nc3cccc(Cl)c3F)c2cc1OCCC1CCN(C)CC1. The highest BCUT2D eigenvalue weighted by Crippen LogP contribution is 2.36. The molecule has 1 aromatic heterocycles. The summed E-state index contributed by atoms with van der Waals surface area (Å²) in [6.07, 6.45) is 4.82. The van der Waals surface area contributed by atoms with Gasteiger partial charge in [0.15, 0.2) is 17.3 Å². The molecule has 6 nitrogen and oxygen atoms in total. The standard InChI is InChI=1S/C23H26ClFN4O2/c1-29-9-6-15(7-10-29)8-11-31-21-12-16-19(13-20(21)30-2)26-14-27-23(16)28-18-5-3-4-17(24)22(18)25/h3-5,12-15H,6-11H2,1-2H3,(H,26,27,28). The topological polar surface area (TPSA) is 59.5 Å². The first kappa shape index (κ1) is 21.6. The van der Waals surface area contributed by atoms with Crippen molar-refractivity contribution < 1.29 is 13.9 Å². The summed E-state index contributed by atoms with van der Waals surface area (Å²) < 4.78 is 26.0. The molecule has 0 radical (unpaired) electrons. The Morgan fingerprint density at radius 3 is 2.77 bits per heavy atom. The first-order valence-corrected chi connectivity index (χ1v) is 10.8. The fourth-order valence-electron chi connectivity index (χ4n) is 3.85. The third-order valence-corrected chi connectivity index (χ3v) is 6.04. The van der Waals surface area contributed by atoms with Gasteiger partial charge in [-0.3, -0.25) is 0 Å². The number of piperidine rings is 1. The number of aromatic nitrogens is 2. The number of ether oxygens (including phenoxy) is 2. The lowest BCUT2D eigenvalue weighted by Gasteiger charge is -2.28. The lowest BCUT2D eigenvalue weighted by molar-refractivity contribution is 0.186. The van der Waals surface area contributed by atoms with Gasteiger partial charge in [-0.15, -0.1) is 0 Å². The average molecular weight is 445 g/mol. The molecule has 0 saturated carbocycles. The van der Waals surface area contributed by atoms with Crippen LogP contribution in [-0.2, 0) is 0 Å². The molecule has 3 aromatic rings. The monoisotopic (exact) mass is 444 g/mol. The summed E-state index contributed by atoms with van der Waals surface area (Å²) in [6.45, 7) is 2.88. The van der Waals surface area contributed by atoms with Gasteiger partial charge in [-0.05, 0) is 63.5 Å². The third kappa shape index (κ3) is 4.99. The number of fused-ring (bicyclic) bond motifs is 1. The third-order valence-electron chi connectivity index (χ3n) is 5.75. The summed E-state index contributed by atoms with van der Waals surface area (Å²) in [7, 11) is 3.77. The van der Waals surface area contributed by atoms with Gasteiger partial charge in [0.2, 0.25) is 0 Å². The summed E-state index contributed by atoms with van der Waals surface area (Å²) in [4.78, 5) is 11.0. The van der Waals surface area contributed by atoms with Gasteiger partial charge in [-0.25, -0.2) is 14.4 Å². The predicted molar refractivity (Wildman–Crippen MR) is 121 cm³/mol. The molecular weight excluding hydrogens is 419 g/mol.